The van der Waals surface area contributed by atoms with E-state index in [2.05, 4.69) is 36.5 Å². The Morgan fingerprint density at radius 2 is 1.48 bits per heavy atom. The Kier molecular flexibility index (Phi) is 16.4. The molecule has 0 heterocycles. The van der Waals surface area contributed by atoms with E-state index in [0.29, 0.717) is 6.42 Å². The smallest absolute Gasteiger partial charge is 0.243 e. The minimum absolute atomic E-state index is 0.175. The predicted molar refractivity (Wildman–Crippen MR) is 98.2 cm³/mol. The molecule has 23 heavy (non-hydrogen) atoms. The zero-order chi connectivity index (χ0) is 17.2. The molecular weight excluding hydrogens is 286 g/mol. The number of nitrogens with zero attached hydrogens (tertiary/aromatic N) is 1. The normalized spacial score (nSPS) is 13.0. The molecule has 0 saturated carbocycles. The molecular formula is C20H36NO2. The van der Waals surface area contributed by atoms with Crippen LogP contribution in [0.25, 0.3) is 0 Å². The van der Waals surface area contributed by atoms with Crippen LogP contribution in [0.15, 0.2) is 24.3 Å². The van der Waals surface area contributed by atoms with Gasteiger partial charge in [-0.15, -0.1) is 0 Å². The Balaban J connectivity index is 3.26. The van der Waals surface area contributed by atoms with Gasteiger partial charge in [0.1, 0.15) is 6.23 Å². The lowest BCUT2D eigenvalue weighted by molar-refractivity contribution is -0.124. The first-order valence-corrected chi connectivity index (χ1v) is 9.38. The molecule has 1 N–H and O–H groups in total. The number of unbranched alkanes of at least 4 members (excludes halogenated alkanes) is 8. The van der Waals surface area contributed by atoms with Crippen LogP contribution in [0.5, 0.6) is 0 Å². The predicted octanol–water partition coefficient (Wildman–Crippen LogP) is 5.27. The van der Waals surface area contributed by atoms with Gasteiger partial charge in [0.2, 0.25) is 5.91 Å². The standard InChI is InChI=1S/C20H36NO2/c1-3-4-5-6-7-8-9-10-11-12-13-14-15-16-17-18-20(23)21-19(2)22/h7-8,10-11,19,22H,3-6,9,12-18H2,1-2H3/b8-7-,11-10-. The van der Waals surface area contributed by atoms with E-state index in [4.69, 9.17) is 5.11 Å². The zero-order valence-electron chi connectivity index (χ0n) is 15.2. The molecule has 1 atom stereocenters. The van der Waals surface area contributed by atoms with E-state index < -0.39 is 6.23 Å². The number of amides is 1. The van der Waals surface area contributed by atoms with Crippen LogP contribution in [0.4, 0.5) is 0 Å². The molecule has 3 nitrogen and oxygen atoms in total. The number of allylic oxidation sites excluding steroid dienone is 4. The third-order valence-electron chi connectivity index (χ3n) is 3.67. The van der Waals surface area contributed by atoms with Crippen molar-refractivity contribution >= 4 is 5.91 Å². The van der Waals surface area contributed by atoms with Gasteiger partial charge < -0.3 is 5.11 Å². The van der Waals surface area contributed by atoms with Crippen molar-refractivity contribution in [3.8, 4) is 0 Å². The van der Waals surface area contributed by atoms with Crippen molar-refractivity contribution in [2.75, 3.05) is 0 Å². The number of carbonyl (C=O) groups excluding carboxylic acids is 1. The van der Waals surface area contributed by atoms with Gasteiger partial charge in [-0.05, 0) is 45.4 Å². The molecule has 0 aromatic carbocycles. The molecule has 1 amide bonds. The third-order valence-corrected chi connectivity index (χ3v) is 3.67. The summed E-state index contributed by atoms with van der Waals surface area (Å²) in [4.78, 5) is 11.2. The van der Waals surface area contributed by atoms with Gasteiger partial charge in [0.25, 0.3) is 0 Å². The molecule has 0 aromatic heterocycles. The fourth-order valence-corrected chi connectivity index (χ4v) is 2.36. The molecule has 133 valence electrons. The molecule has 1 unspecified atom stereocenters. The summed E-state index contributed by atoms with van der Waals surface area (Å²) >= 11 is 0. The molecule has 0 rings (SSSR count). The van der Waals surface area contributed by atoms with Gasteiger partial charge in [-0.3, -0.25) is 4.79 Å². The number of hydrogen-bond acceptors (Lipinski definition) is 2. The van der Waals surface area contributed by atoms with Crippen molar-refractivity contribution in [3.63, 3.8) is 0 Å². The Bertz CT molecular complexity index is 322. The molecule has 0 aliphatic carbocycles. The maximum Gasteiger partial charge on any atom is 0.243 e. The monoisotopic (exact) mass is 322 g/mol. The fourth-order valence-electron chi connectivity index (χ4n) is 2.36. The summed E-state index contributed by atoms with van der Waals surface area (Å²) in [6, 6.07) is 0. The Labute approximate surface area is 143 Å². The number of aliphatic hydroxyl groups excluding tert-OH is 1. The molecule has 0 bridgehead atoms. The van der Waals surface area contributed by atoms with Gasteiger partial charge in [0.15, 0.2) is 0 Å². The van der Waals surface area contributed by atoms with Gasteiger partial charge in [0.05, 0.1) is 0 Å². The molecule has 0 aliphatic rings. The van der Waals surface area contributed by atoms with Crippen LogP contribution in [0.3, 0.4) is 0 Å². The molecule has 1 radical (unpaired) electrons. The second-order valence-electron chi connectivity index (χ2n) is 6.14. The quantitative estimate of drug-likeness (QED) is 0.330. The molecule has 0 saturated heterocycles. The highest BCUT2D eigenvalue weighted by Gasteiger charge is 2.05. The number of hydrogen-bond donors (Lipinski definition) is 1. The van der Waals surface area contributed by atoms with Crippen LogP contribution in [-0.2, 0) is 4.79 Å². The lowest BCUT2D eigenvalue weighted by Crippen LogP contribution is -2.24. The minimum Gasteiger partial charge on any atom is -0.372 e. The molecule has 0 spiro atoms. The first kappa shape index (κ1) is 21.9. The SMILES string of the molecule is CCCCC/C=C\C/C=C\CCCCCCCC(=O)[N]C(C)O. The summed E-state index contributed by atoms with van der Waals surface area (Å²) in [6.45, 7) is 3.74. The maximum atomic E-state index is 11.2. The van der Waals surface area contributed by atoms with E-state index in [9.17, 15) is 4.79 Å². The van der Waals surface area contributed by atoms with Crippen molar-refractivity contribution < 1.29 is 9.90 Å². The van der Waals surface area contributed by atoms with Crippen LogP contribution in [0.1, 0.15) is 90.9 Å². The van der Waals surface area contributed by atoms with Gasteiger partial charge in [0, 0.05) is 6.42 Å². The van der Waals surface area contributed by atoms with E-state index >= 15 is 0 Å². The summed E-state index contributed by atoms with van der Waals surface area (Å²) in [5.41, 5.74) is 0. The van der Waals surface area contributed by atoms with Crippen molar-refractivity contribution in [2.24, 2.45) is 0 Å². The average molecular weight is 323 g/mol. The van der Waals surface area contributed by atoms with Crippen molar-refractivity contribution in [1.82, 2.24) is 5.32 Å². The Morgan fingerprint density at radius 3 is 2.09 bits per heavy atom. The summed E-state index contributed by atoms with van der Waals surface area (Å²) in [5, 5.41) is 12.5. The van der Waals surface area contributed by atoms with E-state index in [1.165, 1.54) is 51.9 Å². The summed E-state index contributed by atoms with van der Waals surface area (Å²) in [6.07, 6.45) is 21.7. The van der Waals surface area contributed by atoms with E-state index in [1.807, 2.05) is 0 Å². The minimum atomic E-state index is -0.861. The van der Waals surface area contributed by atoms with Gasteiger partial charge >= 0.3 is 0 Å². The van der Waals surface area contributed by atoms with Crippen molar-refractivity contribution in [3.05, 3.63) is 24.3 Å². The fraction of sp³-hybridized carbons (Fsp3) is 0.750. The number of aliphatic hydroxyl groups is 1. The van der Waals surface area contributed by atoms with E-state index in [-0.39, 0.29) is 5.91 Å². The topological polar surface area (TPSA) is 51.4 Å². The largest absolute Gasteiger partial charge is 0.372 e. The maximum absolute atomic E-state index is 11.2. The average Bonchev–Trinajstić information content (AvgIpc) is 2.50. The first-order chi connectivity index (χ1) is 11.2. The molecule has 0 aliphatic heterocycles. The van der Waals surface area contributed by atoms with Gasteiger partial charge in [-0.1, -0.05) is 63.3 Å². The Hall–Kier alpha value is -1.09. The zero-order valence-corrected chi connectivity index (χ0v) is 15.2. The highest BCUT2D eigenvalue weighted by molar-refractivity contribution is 5.75. The molecule has 3 heteroatoms. The van der Waals surface area contributed by atoms with Crippen molar-refractivity contribution in [2.45, 2.75) is 97.1 Å². The highest BCUT2D eigenvalue weighted by Crippen LogP contribution is 2.08. The van der Waals surface area contributed by atoms with Crippen LogP contribution in [0.2, 0.25) is 0 Å². The van der Waals surface area contributed by atoms with Crippen LogP contribution < -0.4 is 5.32 Å². The Morgan fingerprint density at radius 1 is 0.913 bits per heavy atom. The van der Waals surface area contributed by atoms with E-state index in [0.717, 1.165) is 25.7 Å². The molecule has 0 fully saturated rings. The third kappa shape index (κ3) is 18.9. The summed E-state index contributed by atoms with van der Waals surface area (Å²) in [5.74, 6) is -0.175. The second kappa shape index (κ2) is 17.3. The van der Waals surface area contributed by atoms with Crippen LogP contribution >= 0.6 is 0 Å². The van der Waals surface area contributed by atoms with Crippen molar-refractivity contribution in [1.29, 1.82) is 0 Å². The summed E-state index contributed by atoms with van der Waals surface area (Å²) in [7, 11) is 0. The first-order valence-electron chi connectivity index (χ1n) is 9.38. The van der Waals surface area contributed by atoms with E-state index in [1.54, 1.807) is 0 Å². The van der Waals surface area contributed by atoms with Gasteiger partial charge in [-0.2, -0.15) is 0 Å². The molecule has 0 aromatic rings. The number of rotatable bonds is 15. The lowest BCUT2D eigenvalue weighted by Gasteiger charge is -2.03. The van der Waals surface area contributed by atoms with Crippen LogP contribution in [0, 0.1) is 0 Å². The summed E-state index contributed by atoms with van der Waals surface area (Å²) < 4.78 is 0. The van der Waals surface area contributed by atoms with Crippen LogP contribution in [-0.4, -0.2) is 17.2 Å². The number of carbonyl (C=O) groups is 1. The lowest BCUT2D eigenvalue weighted by atomic mass is 10.1. The van der Waals surface area contributed by atoms with Gasteiger partial charge in [-0.25, -0.2) is 5.32 Å². The highest BCUT2D eigenvalue weighted by atomic mass is 16.3. The second-order valence-corrected chi connectivity index (χ2v) is 6.14.